The third kappa shape index (κ3) is 3.72. The molecule has 8 nitrogen and oxygen atoms in total. The van der Waals surface area contributed by atoms with Crippen LogP contribution >= 0.6 is 0 Å². The van der Waals surface area contributed by atoms with Crippen molar-refractivity contribution in [3.8, 4) is 0 Å². The fourth-order valence-electron chi connectivity index (χ4n) is 4.07. The van der Waals surface area contributed by atoms with Gasteiger partial charge in [0.05, 0.1) is 17.2 Å². The maximum atomic E-state index is 13.2. The molecule has 1 aromatic carbocycles. The number of para-hydroxylation sites is 2. The summed E-state index contributed by atoms with van der Waals surface area (Å²) in [5.41, 5.74) is 9.96. The van der Waals surface area contributed by atoms with Crippen molar-refractivity contribution in [2.75, 3.05) is 5.73 Å². The molecule has 1 fully saturated rings. The highest BCUT2D eigenvalue weighted by Crippen LogP contribution is 2.28. The van der Waals surface area contributed by atoms with Crippen LogP contribution in [0, 0.1) is 0 Å². The van der Waals surface area contributed by atoms with Gasteiger partial charge in [0.1, 0.15) is 16.9 Å². The van der Waals surface area contributed by atoms with Crippen LogP contribution in [0.1, 0.15) is 48.0 Å². The highest BCUT2D eigenvalue weighted by molar-refractivity contribution is 6.10. The van der Waals surface area contributed by atoms with Crippen molar-refractivity contribution < 1.29 is 4.79 Å². The van der Waals surface area contributed by atoms with Crippen molar-refractivity contribution in [2.45, 2.75) is 38.1 Å². The quantitative estimate of drug-likeness (QED) is 0.497. The summed E-state index contributed by atoms with van der Waals surface area (Å²) in [6.45, 7) is 0. The first-order valence-corrected chi connectivity index (χ1v) is 10.5. The molecule has 1 aliphatic carbocycles. The van der Waals surface area contributed by atoms with Crippen LogP contribution in [0.5, 0.6) is 0 Å². The molecule has 4 aromatic rings. The third-order valence-corrected chi connectivity index (χ3v) is 5.67. The minimum absolute atomic E-state index is 0.160. The average molecular weight is 413 g/mol. The van der Waals surface area contributed by atoms with Gasteiger partial charge in [-0.2, -0.15) is 9.78 Å². The van der Waals surface area contributed by atoms with E-state index in [0.29, 0.717) is 27.8 Å². The van der Waals surface area contributed by atoms with Gasteiger partial charge in [0.2, 0.25) is 0 Å². The molecular weight excluding hydrogens is 390 g/mol. The highest BCUT2D eigenvalue weighted by atomic mass is 16.1. The zero-order valence-electron chi connectivity index (χ0n) is 17.0. The number of hydrogen-bond donors (Lipinski definition) is 2. The maximum Gasteiger partial charge on any atom is 0.257 e. The molecule has 0 radical (unpaired) electrons. The molecule has 3 aromatic heterocycles. The normalized spacial score (nSPS) is 15.1. The molecule has 5 rings (SSSR count). The highest BCUT2D eigenvalue weighted by Gasteiger charge is 2.26. The Morgan fingerprint density at radius 3 is 2.52 bits per heavy atom. The minimum Gasteiger partial charge on any atom is -0.383 e. The number of aromatic nitrogens is 4. The molecular formula is C23H23N7O. The molecule has 1 aliphatic rings. The Hall–Kier alpha value is -3.81. The Kier molecular flexibility index (Phi) is 5.03. The average Bonchev–Trinajstić information content (AvgIpc) is 3.07. The number of nitrogens with one attached hydrogen (secondary N) is 1. The Labute approximate surface area is 179 Å². The lowest BCUT2D eigenvalue weighted by atomic mass is 9.95. The SMILES string of the molecule is Nc1c(C(=O)NC2CCCCC2)c2nc3ccccc3nc2n1/N=C/c1ccncc1. The molecule has 0 atom stereocenters. The van der Waals surface area contributed by atoms with Crippen LogP contribution in [-0.2, 0) is 0 Å². The summed E-state index contributed by atoms with van der Waals surface area (Å²) in [7, 11) is 0. The summed E-state index contributed by atoms with van der Waals surface area (Å²) >= 11 is 0. The standard InChI is InChI=1S/C23H23N7O/c24-21-19(23(31)27-16-6-2-1-3-7-16)20-22(29-18-9-5-4-8-17(18)28-20)30(21)26-14-15-10-12-25-13-11-15/h4-5,8-14,16H,1-3,6-7,24H2,(H,27,31)/b26-14+. The van der Waals surface area contributed by atoms with E-state index >= 15 is 0 Å². The van der Waals surface area contributed by atoms with E-state index in [1.807, 2.05) is 36.4 Å². The van der Waals surface area contributed by atoms with E-state index in [1.54, 1.807) is 18.6 Å². The number of pyridine rings is 1. The first-order chi connectivity index (χ1) is 15.2. The predicted octanol–water partition coefficient (Wildman–Crippen LogP) is 3.51. The molecule has 156 valence electrons. The number of nitrogens with two attached hydrogens (primary N) is 1. The van der Waals surface area contributed by atoms with Crippen LogP contribution in [0.15, 0.2) is 53.9 Å². The molecule has 0 unspecified atom stereocenters. The number of hydrogen-bond acceptors (Lipinski definition) is 6. The van der Waals surface area contributed by atoms with Gasteiger partial charge < -0.3 is 11.1 Å². The topological polar surface area (TPSA) is 111 Å². The lowest BCUT2D eigenvalue weighted by Gasteiger charge is -2.22. The molecule has 3 heterocycles. The van der Waals surface area contributed by atoms with Crippen LogP contribution in [0.25, 0.3) is 22.2 Å². The number of nitrogens with zero attached hydrogens (tertiary/aromatic N) is 5. The first kappa shape index (κ1) is 19.2. The Morgan fingerprint density at radius 2 is 1.77 bits per heavy atom. The predicted molar refractivity (Wildman–Crippen MR) is 121 cm³/mol. The number of nitrogen functional groups attached to an aromatic ring is 1. The summed E-state index contributed by atoms with van der Waals surface area (Å²) in [5.74, 6) is 0.000707. The van der Waals surface area contributed by atoms with Gasteiger partial charge >= 0.3 is 0 Å². The van der Waals surface area contributed by atoms with E-state index in [9.17, 15) is 4.79 Å². The van der Waals surface area contributed by atoms with Gasteiger partial charge in [0, 0.05) is 18.4 Å². The van der Waals surface area contributed by atoms with Crippen LogP contribution in [-0.4, -0.2) is 37.8 Å². The molecule has 3 N–H and O–H groups in total. The number of carbonyl (C=O) groups is 1. The molecule has 1 amide bonds. The number of benzene rings is 1. The summed E-state index contributed by atoms with van der Waals surface area (Å²) in [6, 6.07) is 11.4. The number of rotatable bonds is 4. The van der Waals surface area contributed by atoms with Crippen molar-refractivity contribution >= 4 is 40.1 Å². The van der Waals surface area contributed by atoms with E-state index in [2.05, 4.69) is 15.4 Å². The molecule has 8 heteroatoms. The van der Waals surface area contributed by atoms with E-state index in [4.69, 9.17) is 15.7 Å². The largest absolute Gasteiger partial charge is 0.383 e. The Morgan fingerprint density at radius 1 is 1.06 bits per heavy atom. The number of carbonyl (C=O) groups excluding carboxylic acids is 1. The third-order valence-electron chi connectivity index (χ3n) is 5.67. The number of amides is 1. The van der Waals surface area contributed by atoms with Gasteiger partial charge in [-0.05, 0) is 42.7 Å². The first-order valence-electron chi connectivity index (χ1n) is 10.5. The van der Waals surface area contributed by atoms with E-state index in [1.165, 1.54) is 11.1 Å². The monoisotopic (exact) mass is 413 g/mol. The minimum atomic E-state index is -0.225. The number of fused-ring (bicyclic) bond motifs is 2. The van der Waals surface area contributed by atoms with E-state index in [0.717, 1.165) is 31.2 Å². The van der Waals surface area contributed by atoms with Crippen molar-refractivity contribution in [1.82, 2.24) is 24.9 Å². The van der Waals surface area contributed by atoms with Crippen molar-refractivity contribution in [3.05, 3.63) is 59.9 Å². The van der Waals surface area contributed by atoms with Crippen LogP contribution in [0.3, 0.4) is 0 Å². The second kappa shape index (κ2) is 8.14. The fraction of sp³-hybridized carbons (Fsp3) is 0.261. The summed E-state index contributed by atoms with van der Waals surface area (Å²) < 4.78 is 1.49. The molecule has 0 bridgehead atoms. The smallest absolute Gasteiger partial charge is 0.257 e. The van der Waals surface area contributed by atoms with Gasteiger partial charge in [-0.1, -0.05) is 31.4 Å². The van der Waals surface area contributed by atoms with E-state index in [-0.39, 0.29) is 17.8 Å². The van der Waals surface area contributed by atoms with E-state index < -0.39 is 0 Å². The van der Waals surface area contributed by atoms with Gasteiger partial charge in [0.25, 0.3) is 5.91 Å². The van der Waals surface area contributed by atoms with Gasteiger partial charge in [0.15, 0.2) is 5.65 Å². The second-order valence-electron chi connectivity index (χ2n) is 7.79. The maximum absolute atomic E-state index is 13.2. The van der Waals surface area contributed by atoms with Gasteiger partial charge in [-0.15, -0.1) is 0 Å². The van der Waals surface area contributed by atoms with Crippen molar-refractivity contribution in [1.29, 1.82) is 0 Å². The fourth-order valence-corrected chi connectivity index (χ4v) is 4.07. The van der Waals surface area contributed by atoms with Gasteiger partial charge in [-0.3, -0.25) is 9.78 Å². The summed E-state index contributed by atoms with van der Waals surface area (Å²) in [5, 5.41) is 7.66. The molecule has 0 saturated heterocycles. The summed E-state index contributed by atoms with van der Waals surface area (Å²) in [6.07, 6.45) is 10.5. The molecule has 0 aliphatic heterocycles. The van der Waals surface area contributed by atoms with Gasteiger partial charge in [-0.25, -0.2) is 9.97 Å². The number of anilines is 1. The van der Waals surface area contributed by atoms with Crippen molar-refractivity contribution in [3.63, 3.8) is 0 Å². The lowest BCUT2D eigenvalue weighted by Crippen LogP contribution is -2.36. The van der Waals surface area contributed by atoms with Crippen LogP contribution in [0.4, 0.5) is 5.82 Å². The van der Waals surface area contributed by atoms with Crippen molar-refractivity contribution in [2.24, 2.45) is 5.10 Å². The Bertz CT molecular complexity index is 1270. The molecule has 0 spiro atoms. The molecule has 1 saturated carbocycles. The Balaban J connectivity index is 1.63. The van der Waals surface area contributed by atoms with Crippen LogP contribution in [0.2, 0.25) is 0 Å². The summed E-state index contributed by atoms with van der Waals surface area (Å²) in [4.78, 5) is 26.7. The molecule has 31 heavy (non-hydrogen) atoms. The van der Waals surface area contributed by atoms with Crippen LogP contribution < -0.4 is 11.1 Å². The zero-order valence-corrected chi connectivity index (χ0v) is 17.0. The lowest BCUT2D eigenvalue weighted by molar-refractivity contribution is 0.0930. The zero-order chi connectivity index (χ0) is 21.2. The second-order valence-corrected chi connectivity index (χ2v) is 7.79.